The van der Waals surface area contributed by atoms with Gasteiger partial charge in [-0.15, -0.1) is 0 Å². The van der Waals surface area contributed by atoms with Crippen LogP contribution in [0.25, 0.3) is 10.9 Å². The number of nitrogens with zero attached hydrogens (tertiary/aromatic N) is 1. The van der Waals surface area contributed by atoms with Crippen molar-refractivity contribution >= 4 is 10.9 Å². The molecular formula is C17H22N2O3. The Balaban J connectivity index is 1.87. The molecule has 5 heteroatoms. The van der Waals surface area contributed by atoms with E-state index in [4.69, 9.17) is 4.74 Å². The zero-order chi connectivity index (χ0) is 15.6. The zero-order valence-electron chi connectivity index (χ0n) is 12.8. The van der Waals surface area contributed by atoms with Gasteiger partial charge in [0.25, 0.3) is 5.56 Å². The summed E-state index contributed by atoms with van der Waals surface area (Å²) in [6.07, 6.45) is 1.50. The summed E-state index contributed by atoms with van der Waals surface area (Å²) in [4.78, 5) is 12.5. The molecule has 1 aliphatic rings. The first kappa shape index (κ1) is 15.2. The van der Waals surface area contributed by atoms with Gasteiger partial charge in [-0.1, -0.05) is 18.2 Å². The Kier molecular flexibility index (Phi) is 4.29. The topological polar surface area (TPSA) is 63.5 Å². The van der Waals surface area contributed by atoms with Crippen molar-refractivity contribution in [3.8, 4) is 0 Å². The Morgan fingerprint density at radius 1 is 1.41 bits per heavy atom. The van der Waals surface area contributed by atoms with E-state index in [1.165, 1.54) is 0 Å². The van der Waals surface area contributed by atoms with Crippen LogP contribution in [0.2, 0.25) is 0 Å². The maximum absolute atomic E-state index is 12.5. The van der Waals surface area contributed by atoms with Crippen molar-refractivity contribution in [2.45, 2.75) is 24.9 Å². The van der Waals surface area contributed by atoms with Gasteiger partial charge in [0, 0.05) is 37.9 Å². The van der Waals surface area contributed by atoms with Crippen LogP contribution in [0.3, 0.4) is 0 Å². The highest BCUT2D eigenvalue weighted by atomic mass is 16.5. The summed E-state index contributed by atoms with van der Waals surface area (Å²) in [5.74, 6) is 0. The highest BCUT2D eigenvalue weighted by Gasteiger charge is 2.33. The molecule has 22 heavy (non-hydrogen) atoms. The first-order valence-electron chi connectivity index (χ1n) is 7.66. The summed E-state index contributed by atoms with van der Waals surface area (Å²) in [5, 5.41) is 13.8. The van der Waals surface area contributed by atoms with Gasteiger partial charge in [0.15, 0.2) is 0 Å². The zero-order valence-corrected chi connectivity index (χ0v) is 12.8. The molecule has 1 saturated heterocycles. The molecule has 0 bridgehead atoms. The van der Waals surface area contributed by atoms with Gasteiger partial charge in [-0.25, -0.2) is 0 Å². The number of aryl methyl sites for hydroxylation is 1. The molecule has 1 atom stereocenters. The molecule has 0 saturated carbocycles. The molecule has 1 aromatic heterocycles. The summed E-state index contributed by atoms with van der Waals surface area (Å²) in [7, 11) is 1.80. The molecular weight excluding hydrogens is 280 g/mol. The number of hydrogen-bond acceptors (Lipinski definition) is 4. The monoisotopic (exact) mass is 302 g/mol. The fourth-order valence-electron chi connectivity index (χ4n) is 3.14. The van der Waals surface area contributed by atoms with E-state index in [1.54, 1.807) is 11.6 Å². The molecule has 2 aromatic rings. The summed E-state index contributed by atoms with van der Waals surface area (Å²) < 4.78 is 7.16. The lowest BCUT2D eigenvalue weighted by molar-refractivity contribution is 0.146. The van der Waals surface area contributed by atoms with Crippen LogP contribution < -0.4 is 10.9 Å². The van der Waals surface area contributed by atoms with Crippen LogP contribution in [0.5, 0.6) is 0 Å². The van der Waals surface area contributed by atoms with Crippen molar-refractivity contribution in [2.24, 2.45) is 7.05 Å². The predicted octanol–water partition coefficient (Wildman–Crippen LogP) is 1.17. The molecule has 0 radical (unpaired) electrons. The lowest BCUT2D eigenvalue weighted by atomic mass is 9.94. The first-order valence-corrected chi connectivity index (χ1v) is 7.66. The minimum atomic E-state index is -0.217. The Morgan fingerprint density at radius 2 is 2.23 bits per heavy atom. The Labute approximate surface area is 129 Å². The molecule has 0 aliphatic carbocycles. The second-order valence-corrected chi connectivity index (χ2v) is 6.00. The van der Waals surface area contributed by atoms with Crippen molar-refractivity contribution in [3.05, 3.63) is 46.2 Å². The van der Waals surface area contributed by atoms with E-state index in [0.717, 1.165) is 22.9 Å². The van der Waals surface area contributed by atoms with Gasteiger partial charge < -0.3 is 19.7 Å². The van der Waals surface area contributed by atoms with E-state index in [0.29, 0.717) is 26.2 Å². The number of fused-ring (bicyclic) bond motifs is 1. The summed E-state index contributed by atoms with van der Waals surface area (Å²) in [5.41, 5.74) is 1.48. The number of aromatic nitrogens is 1. The lowest BCUT2D eigenvalue weighted by Gasteiger charge is -2.28. The molecule has 2 heterocycles. The van der Waals surface area contributed by atoms with Crippen LogP contribution in [0, 0.1) is 0 Å². The number of benzene rings is 1. The fraction of sp³-hybridized carbons (Fsp3) is 0.471. The average molecular weight is 302 g/mol. The summed E-state index contributed by atoms with van der Waals surface area (Å²) in [6, 6.07) is 9.83. The molecule has 1 aliphatic heterocycles. The van der Waals surface area contributed by atoms with E-state index in [-0.39, 0.29) is 17.7 Å². The molecule has 5 nitrogen and oxygen atoms in total. The predicted molar refractivity (Wildman–Crippen MR) is 85.9 cm³/mol. The van der Waals surface area contributed by atoms with E-state index in [1.807, 2.05) is 30.3 Å². The van der Waals surface area contributed by atoms with Crippen LogP contribution in [-0.2, 0) is 18.3 Å². The van der Waals surface area contributed by atoms with Crippen LogP contribution >= 0.6 is 0 Å². The number of ether oxygens (including phenoxy) is 1. The molecule has 1 aromatic carbocycles. The second kappa shape index (κ2) is 6.20. The van der Waals surface area contributed by atoms with Crippen molar-refractivity contribution in [1.29, 1.82) is 0 Å². The van der Waals surface area contributed by atoms with Gasteiger partial charge in [0.1, 0.15) is 0 Å². The summed E-state index contributed by atoms with van der Waals surface area (Å²) in [6.45, 7) is 1.89. The van der Waals surface area contributed by atoms with Crippen LogP contribution in [0.15, 0.2) is 35.1 Å². The van der Waals surface area contributed by atoms with E-state index >= 15 is 0 Å². The van der Waals surface area contributed by atoms with Gasteiger partial charge in [-0.3, -0.25) is 4.79 Å². The molecule has 1 fully saturated rings. The van der Waals surface area contributed by atoms with Crippen LogP contribution in [0.4, 0.5) is 0 Å². The smallest absolute Gasteiger partial charge is 0.255 e. The number of para-hydroxylation sites is 1. The minimum absolute atomic E-state index is 0.0178. The maximum atomic E-state index is 12.5. The normalized spacial score (nSPS) is 21.5. The molecule has 0 amide bonds. The Hall–Kier alpha value is -1.69. The van der Waals surface area contributed by atoms with Crippen molar-refractivity contribution in [3.63, 3.8) is 0 Å². The second-order valence-electron chi connectivity index (χ2n) is 6.00. The van der Waals surface area contributed by atoms with Gasteiger partial charge >= 0.3 is 0 Å². The lowest BCUT2D eigenvalue weighted by Crippen LogP contribution is -2.47. The molecule has 3 rings (SSSR count). The van der Waals surface area contributed by atoms with Gasteiger partial charge in [-0.05, 0) is 30.4 Å². The molecule has 2 N–H and O–H groups in total. The number of aliphatic hydroxyl groups excluding tert-OH is 1. The van der Waals surface area contributed by atoms with Gasteiger partial charge in [0.05, 0.1) is 12.1 Å². The SMILES string of the molecule is Cn1c(=O)c(CNC2(CCO)CCOC2)cc2ccccc21. The third kappa shape index (κ3) is 2.79. The van der Waals surface area contributed by atoms with E-state index in [9.17, 15) is 9.90 Å². The largest absolute Gasteiger partial charge is 0.396 e. The van der Waals surface area contributed by atoms with Gasteiger partial charge in [0.2, 0.25) is 0 Å². The first-order chi connectivity index (χ1) is 10.7. The number of nitrogens with one attached hydrogen (secondary N) is 1. The Bertz CT molecular complexity index is 717. The quantitative estimate of drug-likeness (QED) is 0.870. The van der Waals surface area contributed by atoms with E-state index in [2.05, 4.69) is 5.32 Å². The highest BCUT2D eigenvalue weighted by Crippen LogP contribution is 2.23. The Morgan fingerprint density at radius 3 is 2.95 bits per heavy atom. The highest BCUT2D eigenvalue weighted by molar-refractivity contribution is 5.79. The van der Waals surface area contributed by atoms with Gasteiger partial charge in [-0.2, -0.15) is 0 Å². The minimum Gasteiger partial charge on any atom is -0.396 e. The van der Waals surface area contributed by atoms with Crippen LogP contribution in [0.1, 0.15) is 18.4 Å². The number of pyridine rings is 1. The third-order valence-corrected chi connectivity index (χ3v) is 4.55. The fourth-order valence-corrected chi connectivity index (χ4v) is 3.14. The van der Waals surface area contributed by atoms with E-state index < -0.39 is 0 Å². The number of aliphatic hydroxyl groups is 1. The van der Waals surface area contributed by atoms with Crippen molar-refractivity contribution < 1.29 is 9.84 Å². The third-order valence-electron chi connectivity index (χ3n) is 4.55. The maximum Gasteiger partial charge on any atom is 0.255 e. The van der Waals surface area contributed by atoms with Crippen molar-refractivity contribution in [1.82, 2.24) is 9.88 Å². The molecule has 1 unspecified atom stereocenters. The standard InChI is InChI=1S/C17H22N2O3/c1-19-15-5-3-2-4-13(15)10-14(16(19)21)11-18-17(6-8-20)7-9-22-12-17/h2-5,10,18,20H,6-9,11-12H2,1H3. The number of rotatable bonds is 5. The van der Waals surface area contributed by atoms with Crippen molar-refractivity contribution in [2.75, 3.05) is 19.8 Å². The molecule has 118 valence electrons. The number of hydrogen-bond donors (Lipinski definition) is 2. The summed E-state index contributed by atoms with van der Waals surface area (Å²) >= 11 is 0. The van der Waals surface area contributed by atoms with Crippen LogP contribution in [-0.4, -0.2) is 35.0 Å². The average Bonchev–Trinajstić information content (AvgIpc) is 2.99. The molecule has 0 spiro atoms.